The van der Waals surface area contributed by atoms with E-state index in [-0.39, 0.29) is 11.3 Å². The lowest BCUT2D eigenvalue weighted by atomic mass is 9.74. The highest BCUT2D eigenvalue weighted by Gasteiger charge is 2.43. The van der Waals surface area contributed by atoms with Crippen molar-refractivity contribution in [3.8, 4) is 0 Å². The highest BCUT2D eigenvalue weighted by atomic mass is 79.9. The third-order valence-electron chi connectivity index (χ3n) is 4.47. The number of aryl methyl sites for hydroxylation is 2. The average molecular weight is 438 g/mol. The summed E-state index contributed by atoms with van der Waals surface area (Å²) in [5, 5.41) is 1.64. The molecule has 1 aliphatic rings. The standard InChI is InChI=1S/C16H22Br2O2S/c1-12-5-13(2)7-14(6-12)8-16(10-17,11-18)15-3-4-21(19,20)9-15/h5-7,15H,3-4,8-11H2,1-2H3. The van der Waals surface area contributed by atoms with Gasteiger partial charge in [0.1, 0.15) is 0 Å². The summed E-state index contributed by atoms with van der Waals surface area (Å²) in [5.74, 6) is 0.892. The van der Waals surface area contributed by atoms with Gasteiger partial charge in [0, 0.05) is 10.7 Å². The van der Waals surface area contributed by atoms with E-state index in [1.807, 2.05) is 0 Å². The summed E-state index contributed by atoms with van der Waals surface area (Å²) in [6.07, 6.45) is 1.69. The van der Waals surface area contributed by atoms with Crippen molar-refractivity contribution in [2.45, 2.75) is 26.7 Å². The molecule has 1 aliphatic heterocycles. The molecule has 0 amide bonds. The lowest BCUT2D eigenvalue weighted by Crippen LogP contribution is -2.37. The maximum atomic E-state index is 11.8. The van der Waals surface area contributed by atoms with Crippen LogP contribution in [0.2, 0.25) is 0 Å². The summed E-state index contributed by atoms with van der Waals surface area (Å²) < 4.78 is 23.7. The van der Waals surface area contributed by atoms with Gasteiger partial charge in [-0.3, -0.25) is 0 Å². The quantitative estimate of drug-likeness (QED) is 0.651. The molecule has 5 heteroatoms. The van der Waals surface area contributed by atoms with Gasteiger partial charge in [0.2, 0.25) is 0 Å². The Balaban J connectivity index is 2.30. The number of benzene rings is 1. The van der Waals surface area contributed by atoms with E-state index < -0.39 is 9.84 Å². The second-order valence-corrected chi connectivity index (χ2v) is 9.75. The van der Waals surface area contributed by atoms with Gasteiger partial charge in [-0.1, -0.05) is 61.2 Å². The van der Waals surface area contributed by atoms with Crippen LogP contribution in [0.1, 0.15) is 23.1 Å². The van der Waals surface area contributed by atoms with Crippen LogP contribution in [0.5, 0.6) is 0 Å². The number of alkyl halides is 2. The first kappa shape index (κ1) is 17.5. The molecule has 0 aromatic heterocycles. The zero-order valence-electron chi connectivity index (χ0n) is 12.5. The molecule has 1 unspecified atom stereocenters. The van der Waals surface area contributed by atoms with Crippen molar-refractivity contribution >= 4 is 41.7 Å². The molecule has 1 atom stereocenters. The Morgan fingerprint density at radius 1 is 1.14 bits per heavy atom. The highest BCUT2D eigenvalue weighted by Crippen LogP contribution is 2.42. The van der Waals surface area contributed by atoms with Crippen LogP contribution in [-0.2, 0) is 16.3 Å². The fraction of sp³-hybridized carbons (Fsp3) is 0.625. The van der Waals surface area contributed by atoms with Gasteiger partial charge in [0.25, 0.3) is 0 Å². The van der Waals surface area contributed by atoms with E-state index in [0.29, 0.717) is 11.5 Å². The smallest absolute Gasteiger partial charge is 0.150 e. The Hall–Kier alpha value is 0.130. The molecule has 0 saturated carbocycles. The molecule has 1 saturated heterocycles. The van der Waals surface area contributed by atoms with Gasteiger partial charge in [-0.05, 0) is 43.6 Å². The molecule has 118 valence electrons. The predicted octanol–water partition coefficient (Wildman–Crippen LogP) is 4.06. The Labute approximate surface area is 144 Å². The van der Waals surface area contributed by atoms with Crippen molar-refractivity contribution < 1.29 is 8.42 Å². The van der Waals surface area contributed by atoms with Gasteiger partial charge in [-0.2, -0.15) is 0 Å². The van der Waals surface area contributed by atoms with Crippen LogP contribution < -0.4 is 0 Å². The number of rotatable bonds is 5. The average Bonchev–Trinajstić information content (AvgIpc) is 2.76. The van der Waals surface area contributed by atoms with Crippen LogP contribution >= 0.6 is 31.9 Å². The minimum atomic E-state index is -2.85. The second-order valence-electron chi connectivity index (χ2n) is 6.40. The van der Waals surface area contributed by atoms with E-state index in [4.69, 9.17) is 0 Å². The molecule has 0 bridgehead atoms. The minimum absolute atomic E-state index is 0.0379. The molecular weight excluding hydrogens is 416 g/mol. The lowest BCUT2D eigenvalue weighted by molar-refractivity contribution is 0.253. The first-order valence-electron chi connectivity index (χ1n) is 7.20. The number of hydrogen-bond donors (Lipinski definition) is 0. The Bertz CT molecular complexity index is 586. The van der Waals surface area contributed by atoms with Crippen LogP contribution in [-0.4, -0.2) is 30.6 Å². The molecule has 0 aliphatic carbocycles. The van der Waals surface area contributed by atoms with Crippen LogP contribution in [0.3, 0.4) is 0 Å². The summed E-state index contributed by atoms with van der Waals surface area (Å²) in [4.78, 5) is 0. The van der Waals surface area contributed by atoms with E-state index in [1.54, 1.807) is 0 Å². The molecule has 2 rings (SSSR count). The summed E-state index contributed by atoms with van der Waals surface area (Å²) in [6.45, 7) is 4.22. The molecular formula is C16H22Br2O2S. The lowest BCUT2D eigenvalue weighted by Gasteiger charge is -2.36. The summed E-state index contributed by atoms with van der Waals surface area (Å²) in [5.41, 5.74) is 3.80. The monoisotopic (exact) mass is 436 g/mol. The van der Waals surface area contributed by atoms with Gasteiger partial charge in [-0.25, -0.2) is 8.42 Å². The Morgan fingerprint density at radius 3 is 2.14 bits per heavy atom. The Morgan fingerprint density at radius 2 is 1.71 bits per heavy atom. The SMILES string of the molecule is Cc1cc(C)cc(CC(CBr)(CBr)C2CCS(=O)(=O)C2)c1. The minimum Gasteiger partial charge on any atom is -0.229 e. The normalized spacial score (nSPS) is 21.6. The largest absolute Gasteiger partial charge is 0.229 e. The molecule has 1 heterocycles. The number of hydrogen-bond acceptors (Lipinski definition) is 2. The fourth-order valence-corrected chi connectivity index (χ4v) is 7.53. The van der Waals surface area contributed by atoms with Crippen LogP contribution in [0.15, 0.2) is 18.2 Å². The molecule has 2 nitrogen and oxygen atoms in total. The first-order chi connectivity index (χ1) is 9.80. The Kier molecular flexibility index (Phi) is 5.59. The van der Waals surface area contributed by atoms with Crippen molar-refractivity contribution in [1.29, 1.82) is 0 Å². The maximum Gasteiger partial charge on any atom is 0.150 e. The van der Waals surface area contributed by atoms with Crippen LogP contribution in [0.4, 0.5) is 0 Å². The topological polar surface area (TPSA) is 34.1 Å². The van der Waals surface area contributed by atoms with Gasteiger partial charge in [0.05, 0.1) is 11.5 Å². The molecule has 1 aromatic carbocycles. The molecule has 0 radical (unpaired) electrons. The zero-order chi connectivity index (χ0) is 15.7. The van der Waals surface area contributed by atoms with Crippen molar-refractivity contribution in [2.24, 2.45) is 11.3 Å². The fourth-order valence-electron chi connectivity index (χ4n) is 3.35. The summed E-state index contributed by atoms with van der Waals surface area (Å²) in [7, 11) is -2.85. The number of halogens is 2. The first-order valence-corrected chi connectivity index (χ1v) is 11.3. The summed E-state index contributed by atoms with van der Waals surface area (Å²) >= 11 is 7.30. The predicted molar refractivity (Wildman–Crippen MR) is 96.4 cm³/mol. The van der Waals surface area contributed by atoms with E-state index in [2.05, 4.69) is 63.9 Å². The van der Waals surface area contributed by atoms with Crippen LogP contribution in [0.25, 0.3) is 0 Å². The van der Waals surface area contributed by atoms with Gasteiger partial charge >= 0.3 is 0 Å². The van der Waals surface area contributed by atoms with E-state index in [9.17, 15) is 8.42 Å². The summed E-state index contributed by atoms with van der Waals surface area (Å²) in [6, 6.07) is 6.61. The molecule has 0 spiro atoms. The molecule has 1 aromatic rings. The highest BCUT2D eigenvalue weighted by molar-refractivity contribution is 9.09. The van der Waals surface area contributed by atoms with Crippen molar-refractivity contribution in [1.82, 2.24) is 0 Å². The van der Waals surface area contributed by atoms with Gasteiger partial charge in [-0.15, -0.1) is 0 Å². The zero-order valence-corrected chi connectivity index (χ0v) is 16.5. The van der Waals surface area contributed by atoms with Gasteiger partial charge in [0.15, 0.2) is 9.84 Å². The molecule has 21 heavy (non-hydrogen) atoms. The van der Waals surface area contributed by atoms with Crippen molar-refractivity contribution in [2.75, 3.05) is 22.2 Å². The van der Waals surface area contributed by atoms with E-state index >= 15 is 0 Å². The maximum absolute atomic E-state index is 11.8. The van der Waals surface area contributed by atoms with E-state index in [1.165, 1.54) is 16.7 Å². The van der Waals surface area contributed by atoms with Crippen LogP contribution in [0, 0.1) is 25.2 Å². The van der Waals surface area contributed by atoms with Gasteiger partial charge < -0.3 is 0 Å². The van der Waals surface area contributed by atoms with Crippen molar-refractivity contribution in [3.63, 3.8) is 0 Å². The molecule has 1 fully saturated rings. The second kappa shape index (κ2) is 6.71. The number of sulfone groups is 1. The molecule has 0 N–H and O–H groups in total. The third-order valence-corrected chi connectivity index (χ3v) is 8.47. The third kappa shape index (κ3) is 4.11. The van der Waals surface area contributed by atoms with E-state index in [0.717, 1.165) is 23.5 Å². The van der Waals surface area contributed by atoms with Crippen molar-refractivity contribution in [3.05, 3.63) is 34.9 Å².